The standard InChI is InChI=1S/C26H31N3O8S3/c1-4-36-16-9-10-18-20(13-16)39-26(29(18)11-12-35-3)28-22(31)15-40(33,34)14-21(30)27-24-23(25(32)37-5-2)17-7-6-8-19(17)38-24/h9-10,13H,4-8,11-12,14-15H2,1-3H3,(H,27,30). The van der Waals surface area contributed by atoms with Gasteiger partial charge in [-0.2, -0.15) is 4.99 Å². The van der Waals surface area contributed by atoms with E-state index in [4.69, 9.17) is 14.2 Å². The van der Waals surface area contributed by atoms with Gasteiger partial charge in [0.05, 0.1) is 35.6 Å². The average Bonchev–Trinajstić information content (AvgIpc) is 3.54. The van der Waals surface area contributed by atoms with E-state index in [0.717, 1.165) is 33.5 Å². The fourth-order valence-electron chi connectivity index (χ4n) is 4.45. The van der Waals surface area contributed by atoms with Crippen LogP contribution in [-0.4, -0.2) is 69.2 Å². The highest BCUT2D eigenvalue weighted by atomic mass is 32.2. The summed E-state index contributed by atoms with van der Waals surface area (Å²) in [7, 11) is -2.59. The Morgan fingerprint density at radius 3 is 2.62 bits per heavy atom. The number of thiazole rings is 1. The van der Waals surface area contributed by atoms with Gasteiger partial charge in [-0.05, 0) is 56.9 Å². The van der Waals surface area contributed by atoms with Crippen LogP contribution in [-0.2, 0) is 48.3 Å². The lowest BCUT2D eigenvalue weighted by Gasteiger charge is -2.08. The Hall–Kier alpha value is -3.07. The highest BCUT2D eigenvalue weighted by Gasteiger charge is 2.29. The number of methoxy groups -OCH3 is 1. The van der Waals surface area contributed by atoms with Crippen molar-refractivity contribution in [3.05, 3.63) is 39.0 Å². The van der Waals surface area contributed by atoms with Gasteiger partial charge in [-0.1, -0.05) is 11.3 Å². The molecule has 0 spiro atoms. The summed E-state index contributed by atoms with van der Waals surface area (Å²) in [5, 5.41) is 2.83. The molecule has 1 N–H and O–H groups in total. The normalized spacial score (nSPS) is 13.4. The van der Waals surface area contributed by atoms with Gasteiger partial charge in [0.1, 0.15) is 22.3 Å². The van der Waals surface area contributed by atoms with Gasteiger partial charge in [0.2, 0.25) is 5.91 Å². The van der Waals surface area contributed by atoms with Crippen LogP contribution < -0.4 is 14.9 Å². The molecule has 1 aliphatic rings. The Morgan fingerprint density at radius 1 is 1.10 bits per heavy atom. The smallest absolute Gasteiger partial charge is 0.341 e. The predicted molar refractivity (Wildman–Crippen MR) is 153 cm³/mol. The van der Waals surface area contributed by atoms with Crippen molar-refractivity contribution in [1.82, 2.24) is 4.57 Å². The van der Waals surface area contributed by atoms with Gasteiger partial charge < -0.3 is 24.1 Å². The van der Waals surface area contributed by atoms with Gasteiger partial charge in [0.25, 0.3) is 5.91 Å². The molecule has 0 aliphatic heterocycles. The SMILES string of the molecule is CCOC(=O)c1c(NC(=O)CS(=O)(=O)CC(=O)N=c2sc3cc(OCC)ccc3n2CCOC)sc2c1CCC2. The Morgan fingerprint density at radius 2 is 1.90 bits per heavy atom. The maximum atomic E-state index is 12.8. The minimum atomic E-state index is -4.15. The Balaban J connectivity index is 1.50. The lowest BCUT2D eigenvalue weighted by Crippen LogP contribution is -2.28. The van der Waals surface area contributed by atoms with E-state index in [9.17, 15) is 22.8 Å². The summed E-state index contributed by atoms with van der Waals surface area (Å²) in [4.78, 5) is 43.3. The fraction of sp³-hybridized carbons (Fsp3) is 0.462. The second kappa shape index (κ2) is 13.1. The van der Waals surface area contributed by atoms with Gasteiger partial charge in [-0.25, -0.2) is 13.2 Å². The first-order valence-corrected chi connectivity index (χ1v) is 16.3. The third kappa shape index (κ3) is 6.97. The van der Waals surface area contributed by atoms with Crippen LogP contribution in [0.2, 0.25) is 0 Å². The van der Waals surface area contributed by atoms with Crippen LogP contribution in [0.5, 0.6) is 5.75 Å². The van der Waals surface area contributed by atoms with E-state index >= 15 is 0 Å². The lowest BCUT2D eigenvalue weighted by atomic mass is 10.1. The molecule has 1 aromatic carbocycles. The largest absolute Gasteiger partial charge is 0.494 e. The van der Waals surface area contributed by atoms with Crippen LogP contribution in [0, 0.1) is 0 Å². The highest BCUT2D eigenvalue weighted by molar-refractivity contribution is 7.92. The number of sulfone groups is 1. The quantitative estimate of drug-likeness (QED) is 0.309. The zero-order valence-corrected chi connectivity index (χ0v) is 24.9. The average molecular weight is 610 g/mol. The Kier molecular flexibility index (Phi) is 9.77. The molecule has 11 nitrogen and oxygen atoms in total. The second-order valence-corrected chi connectivity index (χ2v) is 13.1. The molecular formula is C26H31N3O8S3. The van der Waals surface area contributed by atoms with Crippen molar-refractivity contribution in [1.29, 1.82) is 0 Å². The van der Waals surface area contributed by atoms with Crippen LogP contribution in [0.4, 0.5) is 5.00 Å². The number of thiophene rings is 1. The molecule has 14 heteroatoms. The van der Waals surface area contributed by atoms with Crippen molar-refractivity contribution in [3.63, 3.8) is 0 Å². The minimum absolute atomic E-state index is 0.176. The first-order chi connectivity index (χ1) is 19.2. The van der Waals surface area contributed by atoms with Crippen molar-refractivity contribution in [2.24, 2.45) is 4.99 Å². The third-order valence-corrected chi connectivity index (χ3v) is 9.69. The number of nitrogens with one attached hydrogen (secondary N) is 1. The summed E-state index contributed by atoms with van der Waals surface area (Å²) in [5.41, 5.74) is 1.93. The predicted octanol–water partition coefficient (Wildman–Crippen LogP) is 2.96. The van der Waals surface area contributed by atoms with Crippen LogP contribution in [0.3, 0.4) is 0 Å². The molecule has 0 saturated heterocycles. The number of carbonyl (C=O) groups excluding carboxylic acids is 3. The lowest BCUT2D eigenvalue weighted by molar-refractivity contribution is -0.115. The number of carbonyl (C=O) groups is 3. The summed E-state index contributed by atoms with van der Waals surface area (Å²) in [6.07, 6.45) is 2.38. The third-order valence-electron chi connectivity index (χ3n) is 6.05. The van der Waals surface area contributed by atoms with E-state index in [0.29, 0.717) is 36.7 Å². The summed E-state index contributed by atoms with van der Waals surface area (Å²) in [5.74, 6) is -3.46. The summed E-state index contributed by atoms with van der Waals surface area (Å²) in [6, 6.07) is 5.50. The number of esters is 1. The number of anilines is 1. The Bertz CT molecular complexity index is 1600. The molecule has 0 fully saturated rings. The highest BCUT2D eigenvalue weighted by Crippen LogP contribution is 2.39. The van der Waals surface area contributed by atoms with Crippen molar-refractivity contribution in [2.45, 2.75) is 39.7 Å². The number of amides is 2. The number of aromatic nitrogens is 1. The maximum absolute atomic E-state index is 12.8. The monoisotopic (exact) mass is 609 g/mol. The number of hydrogen-bond donors (Lipinski definition) is 1. The summed E-state index contributed by atoms with van der Waals surface area (Å²) >= 11 is 2.48. The molecule has 2 aromatic heterocycles. The Labute approximate surface area is 239 Å². The summed E-state index contributed by atoms with van der Waals surface area (Å²) < 4.78 is 44.0. The van der Waals surface area contributed by atoms with Gasteiger partial charge in [0.15, 0.2) is 14.6 Å². The first kappa shape index (κ1) is 29.9. The van der Waals surface area contributed by atoms with Crippen molar-refractivity contribution >= 4 is 65.5 Å². The van der Waals surface area contributed by atoms with E-state index in [2.05, 4.69) is 10.3 Å². The van der Waals surface area contributed by atoms with Crippen LogP contribution in [0.25, 0.3) is 10.2 Å². The van der Waals surface area contributed by atoms with Crippen LogP contribution in [0.15, 0.2) is 23.2 Å². The number of ether oxygens (including phenoxy) is 3. The number of fused-ring (bicyclic) bond motifs is 2. The molecule has 1 aliphatic carbocycles. The molecule has 0 saturated carbocycles. The topological polar surface area (TPSA) is 142 Å². The molecular weight excluding hydrogens is 579 g/mol. The van der Waals surface area contributed by atoms with E-state index in [1.807, 2.05) is 25.1 Å². The minimum Gasteiger partial charge on any atom is -0.494 e. The van der Waals surface area contributed by atoms with E-state index in [-0.39, 0.29) is 17.2 Å². The second-order valence-electron chi connectivity index (χ2n) is 8.96. The van der Waals surface area contributed by atoms with Gasteiger partial charge in [-0.15, -0.1) is 11.3 Å². The van der Waals surface area contributed by atoms with Gasteiger partial charge in [-0.3, -0.25) is 9.59 Å². The summed E-state index contributed by atoms with van der Waals surface area (Å²) in [6.45, 7) is 5.01. The molecule has 40 heavy (non-hydrogen) atoms. The maximum Gasteiger partial charge on any atom is 0.341 e. The van der Waals surface area contributed by atoms with E-state index in [1.165, 1.54) is 22.7 Å². The van der Waals surface area contributed by atoms with E-state index in [1.54, 1.807) is 18.6 Å². The first-order valence-electron chi connectivity index (χ1n) is 12.8. The molecule has 2 amide bonds. The number of rotatable bonds is 12. The molecule has 3 aromatic rings. The molecule has 4 rings (SSSR count). The number of hydrogen-bond acceptors (Lipinski definition) is 10. The van der Waals surface area contributed by atoms with Crippen molar-refractivity contribution in [3.8, 4) is 5.75 Å². The number of aryl methyl sites for hydroxylation is 1. The molecule has 0 radical (unpaired) electrons. The van der Waals surface area contributed by atoms with Crippen LogP contribution in [0.1, 0.15) is 41.1 Å². The molecule has 216 valence electrons. The number of nitrogens with zero attached hydrogens (tertiary/aromatic N) is 2. The molecule has 0 unspecified atom stereocenters. The fourth-order valence-corrected chi connectivity index (χ4v) is 7.86. The zero-order valence-electron chi connectivity index (χ0n) is 22.5. The van der Waals surface area contributed by atoms with Crippen LogP contribution >= 0.6 is 22.7 Å². The molecule has 0 atom stereocenters. The van der Waals surface area contributed by atoms with Crippen molar-refractivity contribution < 1.29 is 37.0 Å². The van der Waals surface area contributed by atoms with Gasteiger partial charge in [0, 0.05) is 18.5 Å². The molecule has 2 heterocycles. The zero-order chi connectivity index (χ0) is 28.9. The van der Waals surface area contributed by atoms with Crippen molar-refractivity contribution in [2.75, 3.05) is 43.8 Å². The number of benzene rings is 1. The van der Waals surface area contributed by atoms with E-state index < -0.39 is 39.1 Å². The van der Waals surface area contributed by atoms with Gasteiger partial charge >= 0.3 is 5.97 Å². The molecule has 0 bridgehead atoms.